The molecule has 0 radical (unpaired) electrons. The van der Waals surface area contributed by atoms with Crippen LogP contribution in [0.25, 0.3) is 0 Å². The highest BCUT2D eigenvalue weighted by molar-refractivity contribution is 7.89. The van der Waals surface area contributed by atoms with Crippen LogP contribution < -0.4 is 10.1 Å². The molecule has 0 unspecified atom stereocenters. The van der Waals surface area contributed by atoms with Gasteiger partial charge in [-0.15, -0.1) is 0 Å². The van der Waals surface area contributed by atoms with Gasteiger partial charge in [-0.05, 0) is 67.9 Å². The number of nitrogens with zero attached hydrogens (tertiary/aromatic N) is 1. The minimum atomic E-state index is -3.94. The minimum absolute atomic E-state index is 0.0589. The Morgan fingerprint density at radius 2 is 1.72 bits per heavy atom. The second kappa shape index (κ2) is 10.6. The smallest absolute Gasteiger partial charge is 0.243 e. The number of halogens is 1. The fourth-order valence-electron chi connectivity index (χ4n) is 3.16. The van der Waals surface area contributed by atoms with Crippen molar-refractivity contribution in [1.82, 2.24) is 4.31 Å². The SMILES string of the molecule is CCOc1ccc(NC(=O)CN(Cc2cccc(C)c2)S(=O)(=O)c2ccc(Cl)cc2)cc1. The zero-order valence-corrected chi connectivity index (χ0v) is 19.5. The third-order valence-corrected chi connectivity index (χ3v) is 6.72. The maximum Gasteiger partial charge on any atom is 0.243 e. The molecule has 0 atom stereocenters. The summed E-state index contributed by atoms with van der Waals surface area (Å²) in [5.74, 6) is 0.247. The normalized spacial score (nSPS) is 11.4. The average molecular weight is 473 g/mol. The fourth-order valence-corrected chi connectivity index (χ4v) is 4.67. The molecule has 0 aromatic heterocycles. The van der Waals surface area contributed by atoms with Gasteiger partial charge in [-0.1, -0.05) is 41.4 Å². The lowest BCUT2D eigenvalue weighted by molar-refractivity contribution is -0.116. The molecule has 168 valence electrons. The highest BCUT2D eigenvalue weighted by Gasteiger charge is 2.27. The van der Waals surface area contributed by atoms with Crippen LogP contribution in [-0.2, 0) is 21.4 Å². The van der Waals surface area contributed by atoms with Gasteiger partial charge in [0.2, 0.25) is 15.9 Å². The summed E-state index contributed by atoms with van der Waals surface area (Å²) in [6.45, 7) is 4.08. The fraction of sp³-hybridized carbons (Fsp3) is 0.208. The molecule has 0 saturated carbocycles. The molecule has 0 bridgehead atoms. The average Bonchev–Trinajstić information content (AvgIpc) is 2.75. The first-order valence-electron chi connectivity index (χ1n) is 10.1. The molecule has 32 heavy (non-hydrogen) atoms. The van der Waals surface area contributed by atoms with E-state index in [-0.39, 0.29) is 18.0 Å². The van der Waals surface area contributed by atoms with Crippen molar-refractivity contribution >= 4 is 33.2 Å². The van der Waals surface area contributed by atoms with Crippen LogP contribution in [0.5, 0.6) is 5.75 Å². The number of benzene rings is 3. The van der Waals surface area contributed by atoms with Crippen molar-refractivity contribution in [1.29, 1.82) is 0 Å². The molecule has 1 amide bonds. The molecule has 0 aliphatic rings. The maximum absolute atomic E-state index is 13.3. The van der Waals surface area contributed by atoms with Gasteiger partial charge in [-0.3, -0.25) is 4.79 Å². The zero-order valence-electron chi connectivity index (χ0n) is 17.9. The van der Waals surface area contributed by atoms with E-state index in [4.69, 9.17) is 16.3 Å². The van der Waals surface area contributed by atoms with E-state index in [9.17, 15) is 13.2 Å². The first kappa shape index (κ1) is 23.8. The molecule has 0 heterocycles. The number of rotatable bonds is 9. The Morgan fingerprint density at radius 3 is 2.34 bits per heavy atom. The summed E-state index contributed by atoms with van der Waals surface area (Å²) in [6.07, 6.45) is 0. The largest absolute Gasteiger partial charge is 0.494 e. The van der Waals surface area contributed by atoms with E-state index in [0.717, 1.165) is 15.4 Å². The summed E-state index contributed by atoms with van der Waals surface area (Å²) < 4.78 is 33.2. The van der Waals surface area contributed by atoms with E-state index in [0.29, 0.717) is 23.1 Å². The summed E-state index contributed by atoms with van der Waals surface area (Å²) in [7, 11) is -3.94. The Bertz CT molecular complexity index is 1160. The van der Waals surface area contributed by atoms with Gasteiger partial charge < -0.3 is 10.1 Å². The van der Waals surface area contributed by atoms with Crippen molar-refractivity contribution in [2.24, 2.45) is 0 Å². The van der Waals surface area contributed by atoms with Crippen LogP contribution in [0.3, 0.4) is 0 Å². The molecule has 0 fully saturated rings. The summed E-state index contributed by atoms with van der Waals surface area (Å²) in [5, 5.41) is 3.18. The molecule has 3 aromatic rings. The van der Waals surface area contributed by atoms with Crippen molar-refractivity contribution in [3.05, 3.63) is 88.9 Å². The number of carbonyl (C=O) groups is 1. The Kier molecular flexibility index (Phi) is 7.90. The van der Waals surface area contributed by atoms with E-state index in [1.54, 1.807) is 24.3 Å². The third kappa shape index (κ3) is 6.32. The Morgan fingerprint density at radius 1 is 1.03 bits per heavy atom. The number of ether oxygens (including phenoxy) is 1. The van der Waals surface area contributed by atoms with Crippen molar-refractivity contribution < 1.29 is 17.9 Å². The van der Waals surface area contributed by atoms with Crippen LogP contribution in [0.15, 0.2) is 77.7 Å². The van der Waals surface area contributed by atoms with Gasteiger partial charge in [0.1, 0.15) is 5.75 Å². The lowest BCUT2D eigenvalue weighted by Crippen LogP contribution is -2.37. The number of sulfonamides is 1. The van der Waals surface area contributed by atoms with Crippen LogP contribution in [0.4, 0.5) is 5.69 Å². The Balaban J connectivity index is 1.82. The maximum atomic E-state index is 13.3. The van der Waals surface area contributed by atoms with E-state index < -0.39 is 15.9 Å². The standard InChI is InChI=1S/C24H25ClN2O4S/c1-3-31-22-11-9-21(10-12-22)26-24(28)17-27(16-19-6-4-5-18(2)15-19)32(29,30)23-13-7-20(25)8-14-23/h4-15H,3,16-17H2,1-2H3,(H,26,28). The third-order valence-electron chi connectivity index (χ3n) is 4.66. The lowest BCUT2D eigenvalue weighted by atomic mass is 10.1. The van der Waals surface area contributed by atoms with Gasteiger partial charge in [0.25, 0.3) is 0 Å². The summed E-state index contributed by atoms with van der Waals surface area (Å²) >= 11 is 5.91. The van der Waals surface area contributed by atoms with Crippen molar-refractivity contribution in [3.8, 4) is 5.75 Å². The van der Waals surface area contributed by atoms with Crippen molar-refractivity contribution in [3.63, 3.8) is 0 Å². The van der Waals surface area contributed by atoms with Crippen LogP contribution in [-0.4, -0.2) is 31.8 Å². The molecular formula is C24H25ClN2O4S. The summed E-state index contributed by atoms with van der Waals surface area (Å²) in [6, 6.07) is 20.3. The number of carbonyl (C=O) groups excluding carboxylic acids is 1. The van der Waals surface area contributed by atoms with Crippen LogP contribution >= 0.6 is 11.6 Å². The predicted octanol–water partition coefficient (Wildman–Crippen LogP) is 4.88. The van der Waals surface area contributed by atoms with Gasteiger partial charge in [0.05, 0.1) is 18.0 Å². The highest BCUT2D eigenvalue weighted by atomic mass is 35.5. The second-order valence-electron chi connectivity index (χ2n) is 7.22. The molecule has 0 spiro atoms. The van der Waals surface area contributed by atoms with E-state index in [2.05, 4.69) is 5.32 Å². The zero-order chi connectivity index (χ0) is 23.1. The van der Waals surface area contributed by atoms with E-state index in [1.165, 1.54) is 24.3 Å². The summed E-state index contributed by atoms with van der Waals surface area (Å²) in [4.78, 5) is 12.8. The number of anilines is 1. The van der Waals surface area contributed by atoms with Gasteiger partial charge in [0, 0.05) is 17.3 Å². The highest BCUT2D eigenvalue weighted by Crippen LogP contribution is 2.21. The number of hydrogen-bond donors (Lipinski definition) is 1. The number of nitrogens with one attached hydrogen (secondary N) is 1. The molecule has 0 aliphatic carbocycles. The van der Waals surface area contributed by atoms with Crippen LogP contribution in [0.1, 0.15) is 18.1 Å². The van der Waals surface area contributed by atoms with Gasteiger partial charge in [-0.2, -0.15) is 4.31 Å². The predicted molar refractivity (Wildman–Crippen MR) is 126 cm³/mol. The minimum Gasteiger partial charge on any atom is -0.494 e. The van der Waals surface area contributed by atoms with Crippen molar-refractivity contribution in [2.45, 2.75) is 25.3 Å². The molecule has 8 heteroatoms. The number of hydrogen-bond acceptors (Lipinski definition) is 4. The number of aryl methyl sites for hydroxylation is 1. The van der Waals surface area contributed by atoms with E-state index >= 15 is 0 Å². The molecule has 6 nitrogen and oxygen atoms in total. The molecule has 3 rings (SSSR count). The molecule has 1 N–H and O–H groups in total. The van der Waals surface area contributed by atoms with Crippen LogP contribution in [0, 0.1) is 6.92 Å². The molecule has 3 aromatic carbocycles. The quantitative estimate of drug-likeness (QED) is 0.481. The summed E-state index contributed by atoms with van der Waals surface area (Å²) in [5.41, 5.74) is 2.35. The molecular weight excluding hydrogens is 448 g/mol. The first-order chi connectivity index (χ1) is 15.3. The van der Waals surface area contributed by atoms with Crippen molar-refractivity contribution in [2.75, 3.05) is 18.5 Å². The van der Waals surface area contributed by atoms with E-state index in [1.807, 2.05) is 38.1 Å². The number of amides is 1. The van der Waals surface area contributed by atoms with Gasteiger partial charge in [0.15, 0.2) is 0 Å². The van der Waals surface area contributed by atoms with Crippen LogP contribution in [0.2, 0.25) is 5.02 Å². The Labute approximate surface area is 193 Å². The Hall–Kier alpha value is -2.87. The second-order valence-corrected chi connectivity index (χ2v) is 9.60. The molecule has 0 aliphatic heterocycles. The lowest BCUT2D eigenvalue weighted by Gasteiger charge is -2.22. The first-order valence-corrected chi connectivity index (χ1v) is 11.9. The molecule has 0 saturated heterocycles. The monoisotopic (exact) mass is 472 g/mol. The van der Waals surface area contributed by atoms with Gasteiger partial charge >= 0.3 is 0 Å². The topological polar surface area (TPSA) is 75.7 Å². The van der Waals surface area contributed by atoms with Gasteiger partial charge in [-0.25, -0.2) is 8.42 Å².